The Labute approximate surface area is 222 Å². The monoisotopic (exact) mass is 574 g/mol. The van der Waals surface area contributed by atoms with Gasteiger partial charge in [0.05, 0.1) is 22.8 Å². The Morgan fingerprint density at radius 1 is 1.05 bits per heavy atom. The van der Waals surface area contributed by atoms with Crippen LogP contribution in [0.4, 0.5) is 17.1 Å². The average molecular weight is 575 g/mol. The predicted octanol–water partition coefficient (Wildman–Crippen LogP) is 3.31. The first-order valence-corrected chi connectivity index (χ1v) is 13.5. The van der Waals surface area contributed by atoms with Gasteiger partial charge in [0.25, 0.3) is 5.69 Å². The van der Waals surface area contributed by atoms with Gasteiger partial charge in [-0.15, -0.1) is 0 Å². The van der Waals surface area contributed by atoms with Crippen molar-refractivity contribution in [1.29, 1.82) is 0 Å². The maximum atomic E-state index is 12.9. The van der Waals surface area contributed by atoms with E-state index < -0.39 is 48.9 Å². The molecule has 0 fully saturated rings. The standard InChI is InChI=1S/C24H18N2O11S2/c1-2-35-23(27)15-9-11-19(12-10-15)39(33,34)37-21-8-3-5-16-13-20(24(28)36-22(16)21)25(38(31)32)17-6-4-7-18(14-17)26(29)30/h3-14,38H,2H2,1H3. The first kappa shape index (κ1) is 27.3. The van der Waals surface area contributed by atoms with Crippen LogP contribution in [0, 0.1) is 10.1 Å². The van der Waals surface area contributed by atoms with Crippen molar-refractivity contribution in [1.82, 2.24) is 0 Å². The summed E-state index contributed by atoms with van der Waals surface area (Å²) < 4.78 is 65.7. The van der Waals surface area contributed by atoms with E-state index in [1.165, 1.54) is 42.5 Å². The number of carbonyl (C=O) groups is 1. The molecule has 0 aliphatic heterocycles. The summed E-state index contributed by atoms with van der Waals surface area (Å²) in [7, 11) is -7.95. The van der Waals surface area contributed by atoms with Crippen LogP contribution in [0.5, 0.6) is 5.75 Å². The third-order valence-electron chi connectivity index (χ3n) is 5.24. The van der Waals surface area contributed by atoms with Crippen molar-refractivity contribution in [2.24, 2.45) is 0 Å². The molecule has 15 heteroatoms. The maximum Gasteiger partial charge on any atom is 0.361 e. The Hall–Kier alpha value is -4.76. The Kier molecular flexibility index (Phi) is 7.64. The number of esters is 1. The molecule has 4 rings (SSSR count). The molecular formula is C24H18N2O11S2. The second-order valence-corrected chi connectivity index (χ2v) is 10.1. The van der Waals surface area contributed by atoms with Crippen LogP contribution in [0.25, 0.3) is 11.0 Å². The molecule has 202 valence electrons. The van der Waals surface area contributed by atoms with Gasteiger partial charge in [-0.1, -0.05) is 18.2 Å². The number of benzene rings is 3. The number of hydrogen-bond acceptors (Lipinski definition) is 11. The van der Waals surface area contributed by atoms with Gasteiger partial charge in [0, 0.05) is 17.5 Å². The molecule has 4 aromatic rings. The molecule has 1 aromatic heterocycles. The fourth-order valence-electron chi connectivity index (χ4n) is 3.52. The zero-order valence-electron chi connectivity index (χ0n) is 19.9. The molecule has 39 heavy (non-hydrogen) atoms. The first-order valence-electron chi connectivity index (χ1n) is 11.0. The van der Waals surface area contributed by atoms with E-state index in [4.69, 9.17) is 13.3 Å². The number of nitrogens with zero attached hydrogens (tertiary/aromatic N) is 2. The van der Waals surface area contributed by atoms with Crippen molar-refractivity contribution >= 4 is 55.0 Å². The normalized spacial score (nSPS) is 11.3. The molecule has 0 saturated carbocycles. The fourth-order valence-corrected chi connectivity index (χ4v) is 5.08. The Bertz CT molecular complexity index is 1820. The smallest absolute Gasteiger partial charge is 0.361 e. The molecular weight excluding hydrogens is 556 g/mol. The van der Waals surface area contributed by atoms with Gasteiger partial charge in [0.2, 0.25) is 10.9 Å². The van der Waals surface area contributed by atoms with Crippen molar-refractivity contribution in [3.8, 4) is 5.75 Å². The van der Waals surface area contributed by atoms with Crippen LogP contribution in [0.2, 0.25) is 0 Å². The Morgan fingerprint density at radius 3 is 2.38 bits per heavy atom. The van der Waals surface area contributed by atoms with Crippen molar-refractivity contribution < 1.29 is 39.9 Å². The number of non-ortho nitro benzene ring substituents is 1. The molecule has 0 aliphatic carbocycles. The van der Waals surface area contributed by atoms with E-state index in [-0.39, 0.29) is 39.5 Å². The minimum absolute atomic E-state index is 0.0993. The molecule has 0 N–H and O–H groups in total. The summed E-state index contributed by atoms with van der Waals surface area (Å²) in [5, 5.41) is 11.2. The molecule has 0 bridgehead atoms. The van der Waals surface area contributed by atoms with Crippen LogP contribution in [-0.4, -0.2) is 34.3 Å². The minimum Gasteiger partial charge on any atom is -0.462 e. The summed E-state index contributed by atoms with van der Waals surface area (Å²) in [4.78, 5) is 34.8. The number of fused-ring (bicyclic) bond motifs is 1. The van der Waals surface area contributed by atoms with E-state index in [0.717, 1.165) is 30.3 Å². The van der Waals surface area contributed by atoms with Crippen LogP contribution in [0.3, 0.4) is 0 Å². The molecule has 0 spiro atoms. The van der Waals surface area contributed by atoms with Crippen LogP contribution in [0.1, 0.15) is 17.3 Å². The molecule has 0 aliphatic rings. The zero-order valence-corrected chi connectivity index (χ0v) is 21.6. The Morgan fingerprint density at radius 2 is 1.74 bits per heavy atom. The summed E-state index contributed by atoms with van der Waals surface area (Å²) in [5.74, 6) is -0.994. The van der Waals surface area contributed by atoms with Crippen LogP contribution < -0.4 is 14.1 Å². The molecule has 0 radical (unpaired) electrons. The summed E-state index contributed by atoms with van der Waals surface area (Å²) >= 11 is 0. The van der Waals surface area contributed by atoms with Gasteiger partial charge in [-0.25, -0.2) is 22.3 Å². The average Bonchev–Trinajstić information content (AvgIpc) is 2.89. The largest absolute Gasteiger partial charge is 0.462 e. The second kappa shape index (κ2) is 10.9. The first-order chi connectivity index (χ1) is 18.5. The van der Waals surface area contributed by atoms with Crippen molar-refractivity contribution in [2.45, 2.75) is 11.8 Å². The van der Waals surface area contributed by atoms with Gasteiger partial charge < -0.3 is 13.3 Å². The topological polar surface area (TPSA) is 180 Å². The van der Waals surface area contributed by atoms with Crippen molar-refractivity contribution in [3.63, 3.8) is 0 Å². The number of rotatable bonds is 9. The molecule has 0 atom stereocenters. The van der Waals surface area contributed by atoms with Gasteiger partial charge in [-0.3, -0.25) is 10.1 Å². The Balaban J connectivity index is 1.73. The van der Waals surface area contributed by atoms with Crippen LogP contribution in [0.15, 0.2) is 86.9 Å². The number of nitro benzene ring substituents is 1. The summed E-state index contributed by atoms with van der Waals surface area (Å²) in [6, 6.07) is 14.5. The number of carbonyl (C=O) groups excluding carboxylic acids is 1. The number of hydrogen-bond donors (Lipinski definition) is 1. The van der Waals surface area contributed by atoms with Crippen LogP contribution in [-0.2, 0) is 25.7 Å². The lowest BCUT2D eigenvalue weighted by atomic mass is 10.2. The number of ether oxygens (including phenoxy) is 1. The van der Waals surface area contributed by atoms with E-state index in [1.807, 2.05) is 0 Å². The van der Waals surface area contributed by atoms with Gasteiger partial charge in [-0.05, 0) is 49.4 Å². The van der Waals surface area contributed by atoms with Crippen molar-refractivity contribution in [3.05, 3.63) is 98.9 Å². The van der Waals surface area contributed by atoms with E-state index in [9.17, 15) is 36.5 Å². The highest BCUT2D eigenvalue weighted by atomic mass is 32.2. The second-order valence-electron chi connectivity index (χ2n) is 7.70. The number of nitro groups is 1. The fraction of sp³-hybridized carbons (Fsp3) is 0.0833. The third kappa shape index (κ3) is 5.73. The SMILES string of the molecule is CCOC(=O)c1ccc(S(=O)(=O)Oc2cccc3cc(N(c4cccc([N+](=O)[O-])c4)[SH](=O)=O)c(=O)oc23)cc1. The lowest BCUT2D eigenvalue weighted by Gasteiger charge is -2.17. The third-order valence-corrected chi connectivity index (χ3v) is 7.26. The minimum atomic E-state index is -4.45. The summed E-state index contributed by atoms with van der Waals surface area (Å²) in [6.45, 7) is 1.77. The summed E-state index contributed by atoms with van der Waals surface area (Å²) in [6.07, 6.45) is 0. The molecule has 13 nitrogen and oxygen atoms in total. The molecule has 3 aromatic carbocycles. The molecule has 1 heterocycles. The lowest BCUT2D eigenvalue weighted by molar-refractivity contribution is -0.384. The van der Waals surface area contributed by atoms with E-state index >= 15 is 0 Å². The zero-order chi connectivity index (χ0) is 28.3. The molecule has 0 amide bonds. The highest BCUT2D eigenvalue weighted by Gasteiger charge is 2.23. The predicted molar refractivity (Wildman–Crippen MR) is 138 cm³/mol. The number of anilines is 2. The van der Waals surface area contributed by atoms with Crippen molar-refractivity contribution in [2.75, 3.05) is 10.9 Å². The lowest BCUT2D eigenvalue weighted by Crippen LogP contribution is -2.21. The maximum absolute atomic E-state index is 12.9. The van der Waals surface area contributed by atoms with E-state index in [2.05, 4.69) is 0 Å². The molecule has 0 unspecified atom stereocenters. The van der Waals surface area contributed by atoms with Gasteiger partial charge in [0.1, 0.15) is 10.6 Å². The highest BCUT2D eigenvalue weighted by Crippen LogP contribution is 2.32. The summed E-state index contributed by atoms with van der Waals surface area (Å²) in [5.41, 5.74) is -2.43. The van der Waals surface area contributed by atoms with Crippen LogP contribution >= 0.6 is 0 Å². The number of thiol groups is 1. The highest BCUT2D eigenvalue weighted by molar-refractivity contribution is 7.87. The number of para-hydroxylation sites is 1. The quantitative estimate of drug-likeness (QED) is 0.0773. The van der Waals surface area contributed by atoms with Gasteiger partial charge >= 0.3 is 21.7 Å². The van der Waals surface area contributed by atoms with Gasteiger partial charge in [-0.2, -0.15) is 8.42 Å². The van der Waals surface area contributed by atoms with Gasteiger partial charge in [0.15, 0.2) is 11.3 Å². The molecule has 0 saturated heterocycles. The van der Waals surface area contributed by atoms with E-state index in [0.29, 0.717) is 4.31 Å². The van der Waals surface area contributed by atoms with E-state index in [1.54, 1.807) is 6.92 Å².